The van der Waals surface area contributed by atoms with Crippen LogP contribution in [0.4, 0.5) is 13.6 Å². The molecule has 0 bridgehead atoms. The van der Waals surface area contributed by atoms with Gasteiger partial charge in [-0.15, -0.1) is 0 Å². The molecule has 0 saturated carbocycles. The number of nitrogens with one attached hydrogen (secondary N) is 1. The number of halogens is 2. The Bertz CT molecular complexity index is 931. The number of hydrogen-bond acceptors (Lipinski definition) is 3. The number of amides is 1. The minimum Gasteiger partial charge on any atom is -0.444 e. The van der Waals surface area contributed by atoms with E-state index in [0.717, 1.165) is 18.6 Å². The number of hydrogen-bond donors (Lipinski definition) is 1. The zero-order chi connectivity index (χ0) is 19.2. The van der Waals surface area contributed by atoms with E-state index in [1.807, 2.05) is 0 Å². The number of nitrogens with zero attached hydrogens (tertiary/aromatic N) is 1. The van der Waals surface area contributed by atoms with Crippen molar-refractivity contribution in [3.05, 3.63) is 45.4 Å². The molecule has 0 spiro atoms. The molecule has 1 heterocycles. The van der Waals surface area contributed by atoms with Crippen LogP contribution in [0, 0.1) is 11.6 Å². The fourth-order valence-corrected chi connectivity index (χ4v) is 3.43. The first kappa shape index (κ1) is 18.4. The van der Waals surface area contributed by atoms with Crippen molar-refractivity contribution in [1.82, 2.24) is 9.88 Å². The van der Waals surface area contributed by atoms with Crippen LogP contribution in [0.25, 0.3) is 10.8 Å². The third-order valence-corrected chi connectivity index (χ3v) is 4.57. The SMILES string of the molecule is CN(C(=O)OC(C)(C)C)C1CCCc2[nH]c(=O)c3cc(F)c(F)cc3c21. The second-order valence-electron chi connectivity index (χ2n) is 7.66. The van der Waals surface area contributed by atoms with Gasteiger partial charge in [0.15, 0.2) is 11.6 Å². The van der Waals surface area contributed by atoms with E-state index in [4.69, 9.17) is 4.74 Å². The van der Waals surface area contributed by atoms with E-state index in [1.54, 1.807) is 27.8 Å². The maximum atomic E-state index is 13.9. The van der Waals surface area contributed by atoms with Gasteiger partial charge in [-0.1, -0.05) is 0 Å². The fourth-order valence-electron chi connectivity index (χ4n) is 3.43. The highest BCUT2D eigenvalue weighted by molar-refractivity contribution is 5.87. The second kappa shape index (κ2) is 6.37. The molecule has 3 rings (SSSR count). The molecule has 1 aliphatic carbocycles. The normalized spacial score (nSPS) is 17.1. The predicted octanol–water partition coefficient (Wildman–Crippen LogP) is 4.05. The lowest BCUT2D eigenvalue weighted by Crippen LogP contribution is -2.38. The van der Waals surface area contributed by atoms with Crippen molar-refractivity contribution in [2.75, 3.05) is 7.05 Å². The summed E-state index contributed by atoms with van der Waals surface area (Å²) in [5.74, 6) is -2.09. The number of benzene rings is 1. The summed E-state index contributed by atoms with van der Waals surface area (Å²) in [4.78, 5) is 29.0. The van der Waals surface area contributed by atoms with Crippen LogP contribution in [0.5, 0.6) is 0 Å². The van der Waals surface area contributed by atoms with Gasteiger partial charge in [0.1, 0.15) is 5.60 Å². The first-order valence-corrected chi connectivity index (χ1v) is 8.58. The van der Waals surface area contributed by atoms with Crippen LogP contribution in [0.3, 0.4) is 0 Å². The molecule has 5 nitrogen and oxygen atoms in total. The Balaban J connectivity index is 2.14. The Hall–Kier alpha value is -2.44. The average molecular weight is 364 g/mol. The lowest BCUT2D eigenvalue weighted by Gasteiger charge is -2.35. The summed E-state index contributed by atoms with van der Waals surface area (Å²) < 4.78 is 32.9. The summed E-state index contributed by atoms with van der Waals surface area (Å²) in [5, 5.41) is 0.412. The number of rotatable bonds is 1. The molecule has 1 aromatic heterocycles. The van der Waals surface area contributed by atoms with E-state index in [2.05, 4.69) is 4.98 Å². The van der Waals surface area contributed by atoms with Gasteiger partial charge < -0.3 is 14.6 Å². The van der Waals surface area contributed by atoms with E-state index in [1.165, 1.54) is 4.90 Å². The molecule has 140 valence electrons. The first-order valence-electron chi connectivity index (χ1n) is 8.58. The third-order valence-electron chi connectivity index (χ3n) is 4.57. The lowest BCUT2D eigenvalue weighted by molar-refractivity contribution is 0.0205. The van der Waals surface area contributed by atoms with Crippen molar-refractivity contribution in [3.8, 4) is 0 Å². The highest BCUT2D eigenvalue weighted by Gasteiger charge is 2.32. The van der Waals surface area contributed by atoms with E-state index in [-0.39, 0.29) is 5.39 Å². The van der Waals surface area contributed by atoms with Gasteiger partial charge in [-0.05, 0) is 57.6 Å². The molecule has 1 atom stereocenters. The number of carbonyl (C=O) groups is 1. The maximum Gasteiger partial charge on any atom is 0.410 e. The Morgan fingerprint density at radius 1 is 1.23 bits per heavy atom. The van der Waals surface area contributed by atoms with Gasteiger partial charge in [0.05, 0.1) is 11.4 Å². The molecular weight excluding hydrogens is 342 g/mol. The van der Waals surface area contributed by atoms with Gasteiger partial charge in [-0.2, -0.15) is 0 Å². The van der Waals surface area contributed by atoms with Gasteiger partial charge in [-0.3, -0.25) is 4.79 Å². The van der Waals surface area contributed by atoms with Crippen LogP contribution in [-0.2, 0) is 11.2 Å². The van der Waals surface area contributed by atoms with Crippen LogP contribution >= 0.6 is 0 Å². The van der Waals surface area contributed by atoms with Crippen LogP contribution in [0.2, 0.25) is 0 Å². The summed E-state index contributed by atoms with van der Waals surface area (Å²) in [6.07, 6.45) is 1.51. The van der Waals surface area contributed by atoms with Crippen LogP contribution in [-0.4, -0.2) is 28.6 Å². The number of pyridine rings is 1. The molecule has 1 aliphatic rings. The van der Waals surface area contributed by atoms with Crippen molar-refractivity contribution in [2.45, 2.75) is 51.7 Å². The van der Waals surface area contributed by atoms with Gasteiger partial charge in [0.2, 0.25) is 0 Å². The van der Waals surface area contributed by atoms with E-state index < -0.39 is 34.9 Å². The lowest BCUT2D eigenvalue weighted by atomic mass is 9.87. The topological polar surface area (TPSA) is 62.4 Å². The predicted molar refractivity (Wildman–Crippen MR) is 94.2 cm³/mol. The molecule has 26 heavy (non-hydrogen) atoms. The van der Waals surface area contributed by atoms with Crippen molar-refractivity contribution in [1.29, 1.82) is 0 Å². The zero-order valence-corrected chi connectivity index (χ0v) is 15.3. The number of aryl methyl sites for hydroxylation is 1. The number of carbonyl (C=O) groups excluding carboxylic acids is 1. The maximum absolute atomic E-state index is 13.9. The van der Waals surface area contributed by atoms with Crippen molar-refractivity contribution < 1.29 is 18.3 Å². The minimum absolute atomic E-state index is 0.0761. The Labute approximate surface area is 150 Å². The summed E-state index contributed by atoms with van der Waals surface area (Å²) in [6, 6.07) is 1.56. The molecule has 0 fully saturated rings. The monoisotopic (exact) mass is 364 g/mol. The molecule has 0 saturated heterocycles. The Morgan fingerprint density at radius 3 is 2.46 bits per heavy atom. The van der Waals surface area contributed by atoms with Gasteiger partial charge in [0, 0.05) is 18.3 Å². The van der Waals surface area contributed by atoms with Crippen molar-refractivity contribution >= 4 is 16.9 Å². The third kappa shape index (κ3) is 3.30. The second-order valence-corrected chi connectivity index (χ2v) is 7.66. The first-order chi connectivity index (χ1) is 12.1. The molecule has 0 aliphatic heterocycles. The molecule has 1 unspecified atom stereocenters. The highest BCUT2D eigenvalue weighted by atomic mass is 19.2. The number of aromatic amines is 1. The summed E-state index contributed by atoms with van der Waals surface area (Å²) in [7, 11) is 1.62. The van der Waals surface area contributed by atoms with Crippen molar-refractivity contribution in [3.63, 3.8) is 0 Å². The molecular formula is C19H22F2N2O3. The largest absolute Gasteiger partial charge is 0.444 e. The summed E-state index contributed by atoms with van der Waals surface area (Å²) >= 11 is 0. The van der Waals surface area contributed by atoms with Crippen LogP contribution in [0.1, 0.15) is 50.9 Å². The van der Waals surface area contributed by atoms with Gasteiger partial charge in [-0.25, -0.2) is 13.6 Å². The molecule has 2 aromatic rings. The standard InChI is InChI=1S/C19H22F2N2O3/c1-19(2,3)26-18(25)23(4)15-7-5-6-14-16(15)10-8-12(20)13(21)9-11(10)17(24)22-14/h8-9,15H,5-7H2,1-4H3,(H,22,24). The Morgan fingerprint density at radius 2 is 1.85 bits per heavy atom. The molecule has 1 amide bonds. The smallest absolute Gasteiger partial charge is 0.410 e. The fraction of sp³-hybridized carbons (Fsp3) is 0.474. The summed E-state index contributed by atoms with van der Waals surface area (Å²) in [6.45, 7) is 5.33. The number of aromatic nitrogens is 1. The van der Waals surface area contributed by atoms with Gasteiger partial charge >= 0.3 is 6.09 Å². The average Bonchev–Trinajstić information content (AvgIpc) is 2.54. The number of H-pyrrole nitrogens is 1. The van der Waals surface area contributed by atoms with Crippen molar-refractivity contribution in [2.24, 2.45) is 0 Å². The number of ether oxygens (including phenoxy) is 1. The van der Waals surface area contributed by atoms with Crippen LogP contribution < -0.4 is 5.56 Å². The molecule has 0 radical (unpaired) electrons. The zero-order valence-electron chi connectivity index (χ0n) is 15.3. The Kier molecular flexibility index (Phi) is 4.50. The minimum atomic E-state index is -1.07. The summed E-state index contributed by atoms with van der Waals surface area (Å²) in [5.41, 5.74) is 0.196. The number of fused-ring (bicyclic) bond motifs is 3. The van der Waals surface area contributed by atoms with E-state index in [0.29, 0.717) is 29.5 Å². The van der Waals surface area contributed by atoms with Crippen LogP contribution in [0.15, 0.2) is 16.9 Å². The molecule has 1 N–H and O–H groups in total. The van der Waals surface area contributed by atoms with E-state index in [9.17, 15) is 18.4 Å². The molecule has 7 heteroatoms. The quantitative estimate of drug-likeness (QED) is 0.830. The molecule has 1 aromatic carbocycles. The van der Waals surface area contributed by atoms with E-state index >= 15 is 0 Å². The van der Waals surface area contributed by atoms with Gasteiger partial charge in [0.25, 0.3) is 5.56 Å². The highest BCUT2D eigenvalue weighted by Crippen LogP contribution is 2.37.